The maximum atomic E-state index is 14.1. The predicted molar refractivity (Wildman–Crippen MR) is 144 cm³/mol. The largest absolute Gasteiger partial charge is 0.370 e. The SMILES string of the molecule is CC(F)c1nnc(-c2nc(C3CCCO3)n3c(N4C[C@H](C)N[C@@H](C)C4)cc(S(=O)(=O)NC4(C)CC4)cc23)s1. The van der Waals surface area contributed by atoms with Gasteiger partial charge in [0.15, 0.2) is 16.2 Å². The molecule has 0 amide bonds. The Morgan fingerprint density at radius 1 is 1.24 bits per heavy atom. The molecule has 1 aliphatic carbocycles. The van der Waals surface area contributed by atoms with Gasteiger partial charge in [0.2, 0.25) is 10.0 Å². The van der Waals surface area contributed by atoms with Crippen molar-refractivity contribution in [3.63, 3.8) is 0 Å². The average Bonchev–Trinajstić information content (AvgIpc) is 3.31. The number of rotatable bonds is 7. The molecule has 2 unspecified atom stereocenters. The minimum absolute atomic E-state index is 0.176. The molecule has 3 aromatic heterocycles. The molecule has 0 aromatic carbocycles. The van der Waals surface area contributed by atoms with Crippen LogP contribution in [0.5, 0.6) is 0 Å². The highest BCUT2D eigenvalue weighted by Crippen LogP contribution is 2.40. The predicted octanol–water partition coefficient (Wildman–Crippen LogP) is 3.75. The first-order chi connectivity index (χ1) is 18.0. The number of nitrogens with one attached hydrogen (secondary N) is 2. The molecule has 10 nitrogen and oxygen atoms in total. The van der Waals surface area contributed by atoms with Gasteiger partial charge in [0, 0.05) is 37.3 Å². The summed E-state index contributed by atoms with van der Waals surface area (Å²) in [5.74, 6) is 1.45. The first-order valence-corrected chi connectivity index (χ1v) is 15.5. The van der Waals surface area contributed by atoms with Crippen molar-refractivity contribution in [2.75, 3.05) is 24.6 Å². The second-order valence-corrected chi connectivity index (χ2v) is 13.9. The van der Waals surface area contributed by atoms with Crippen molar-refractivity contribution in [1.29, 1.82) is 0 Å². The lowest BCUT2D eigenvalue weighted by Crippen LogP contribution is -2.54. The highest BCUT2D eigenvalue weighted by Gasteiger charge is 2.42. The summed E-state index contributed by atoms with van der Waals surface area (Å²) < 4.78 is 52.3. The van der Waals surface area contributed by atoms with E-state index in [1.165, 1.54) is 6.92 Å². The van der Waals surface area contributed by atoms with Crippen molar-refractivity contribution in [3.8, 4) is 10.7 Å². The summed E-state index contributed by atoms with van der Waals surface area (Å²) >= 11 is 1.14. The molecular formula is C25H34FN7O3S2. The highest BCUT2D eigenvalue weighted by atomic mass is 32.2. The third kappa shape index (κ3) is 4.83. The van der Waals surface area contributed by atoms with E-state index >= 15 is 0 Å². The molecule has 2 aliphatic heterocycles. The van der Waals surface area contributed by atoms with Gasteiger partial charge < -0.3 is 15.0 Å². The third-order valence-electron chi connectivity index (χ3n) is 7.49. The van der Waals surface area contributed by atoms with Gasteiger partial charge in [-0.15, -0.1) is 10.2 Å². The Morgan fingerprint density at radius 2 is 1.97 bits per heavy atom. The molecular weight excluding hydrogens is 529 g/mol. The number of halogens is 1. The zero-order chi connectivity index (χ0) is 26.8. The first-order valence-electron chi connectivity index (χ1n) is 13.2. The summed E-state index contributed by atoms with van der Waals surface area (Å²) in [5.41, 5.74) is 0.676. The highest BCUT2D eigenvalue weighted by molar-refractivity contribution is 7.89. The number of sulfonamides is 1. The molecule has 0 bridgehead atoms. The molecule has 5 heterocycles. The van der Waals surface area contributed by atoms with Gasteiger partial charge in [0.25, 0.3) is 0 Å². The molecule has 13 heteroatoms. The van der Waals surface area contributed by atoms with Gasteiger partial charge in [-0.3, -0.25) is 4.40 Å². The zero-order valence-electron chi connectivity index (χ0n) is 22.1. The van der Waals surface area contributed by atoms with Gasteiger partial charge in [-0.05, 0) is 65.5 Å². The van der Waals surface area contributed by atoms with E-state index in [0.717, 1.165) is 42.8 Å². The summed E-state index contributed by atoms with van der Waals surface area (Å²) in [6.07, 6.45) is 1.87. The van der Waals surface area contributed by atoms with Crippen molar-refractivity contribution in [2.24, 2.45) is 0 Å². The number of ether oxygens (including phenoxy) is 1. The van der Waals surface area contributed by atoms with E-state index in [9.17, 15) is 12.8 Å². The van der Waals surface area contributed by atoms with E-state index in [4.69, 9.17) is 9.72 Å². The van der Waals surface area contributed by atoms with Crippen LogP contribution in [0.15, 0.2) is 17.0 Å². The summed E-state index contributed by atoms with van der Waals surface area (Å²) in [5, 5.41) is 12.5. The number of nitrogens with zero attached hydrogens (tertiary/aromatic N) is 5. The number of aromatic nitrogens is 4. The number of pyridine rings is 1. The second-order valence-electron chi connectivity index (χ2n) is 11.2. The van der Waals surface area contributed by atoms with Crippen LogP contribution in [0.2, 0.25) is 0 Å². The maximum absolute atomic E-state index is 14.1. The molecule has 3 fully saturated rings. The molecule has 2 N–H and O–H groups in total. The van der Waals surface area contributed by atoms with Crippen LogP contribution in [0.1, 0.15) is 76.5 Å². The molecule has 206 valence electrons. The van der Waals surface area contributed by atoms with Crippen molar-refractivity contribution < 1.29 is 17.5 Å². The van der Waals surface area contributed by atoms with Crippen LogP contribution in [-0.2, 0) is 14.8 Å². The van der Waals surface area contributed by atoms with Crippen LogP contribution >= 0.6 is 11.3 Å². The Hall–Kier alpha value is -2.19. The van der Waals surface area contributed by atoms with Crippen LogP contribution in [0, 0.1) is 0 Å². The summed E-state index contributed by atoms with van der Waals surface area (Å²) in [6, 6.07) is 3.84. The quantitative estimate of drug-likeness (QED) is 0.447. The van der Waals surface area contributed by atoms with Gasteiger partial charge in [0.05, 0.1) is 10.4 Å². The van der Waals surface area contributed by atoms with Gasteiger partial charge >= 0.3 is 0 Å². The minimum atomic E-state index is -3.81. The molecule has 38 heavy (non-hydrogen) atoms. The minimum Gasteiger partial charge on any atom is -0.370 e. The van der Waals surface area contributed by atoms with Crippen LogP contribution in [0.4, 0.5) is 10.2 Å². The molecule has 0 radical (unpaired) electrons. The third-order valence-corrected chi connectivity index (χ3v) is 10.2. The van der Waals surface area contributed by atoms with E-state index in [-0.39, 0.29) is 28.1 Å². The smallest absolute Gasteiger partial charge is 0.241 e. The Labute approximate surface area is 226 Å². The monoisotopic (exact) mass is 563 g/mol. The summed E-state index contributed by atoms with van der Waals surface area (Å²) in [4.78, 5) is 7.38. The Kier molecular flexibility index (Phi) is 6.50. The Morgan fingerprint density at radius 3 is 2.58 bits per heavy atom. The zero-order valence-corrected chi connectivity index (χ0v) is 23.7. The van der Waals surface area contributed by atoms with E-state index in [2.05, 4.69) is 39.0 Å². The van der Waals surface area contributed by atoms with E-state index in [0.29, 0.717) is 41.7 Å². The Bertz CT molecular complexity index is 1450. The Balaban J connectivity index is 1.60. The molecule has 2 saturated heterocycles. The number of imidazole rings is 1. The van der Waals surface area contributed by atoms with Crippen molar-refractivity contribution in [1.82, 2.24) is 29.6 Å². The van der Waals surface area contributed by atoms with Gasteiger partial charge in [-0.25, -0.2) is 22.5 Å². The number of alkyl halides is 1. The molecule has 3 aliphatic rings. The van der Waals surface area contributed by atoms with Crippen molar-refractivity contribution in [3.05, 3.63) is 23.0 Å². The molecule has 0 spiro atoms. The fourth-order valence-corrected chi connectivity index (χ4v) is 7.68. The van der Waals surface area contributed by atoms with E-state index in [1.807, 2.05) is 11.3 Å². The van der Waals surface area contributed by atoms with Crippen LogP contribution in [0.3, 0.4) is 0 Å². The lowest BCUT2D eigenvalue weighted by Gasteiger charge is -2.38. The first kappa shape index (κ1) is 26.1. The topological polar surface area (TPSA) is 114 Å². The molecule has 1 saturated carbocycles. The van der Waals surface area contributed by atoms with Crippen LogP contribution in [0.25, 0.3) is 16.2 Å². The average molecular weight is 564 g/mol. The summed E-state index contributed by atoms with van der Waals surface area (Å²) in [7, 11) is -3.81. The van der Waals surface area contributed by atoms with Crippen LogP contribution in [-0.4, -0.2) is 65.3 Å². The summed E-state index contributed by atoms with van der Waals surface area (Å²) in [6.45, 7) is 9.64. The van der Waals surface area contributed by atoms with Crippen LogP contribution < -0.4 is 14.9 Å². The normalized spacial score (nSPS) is 26.2. The number of fused-ring (bicyclic) bond motifs is 1. The number of anilines is 1. The number of piperazine rings is 1. The molecule has 6 rings (SSSR count). The fourth-order valence-electron chi connectivity index (χ4n) is 5.41. The maximum Gasteiger partial charge on any atom is 0.241 e. The number of hydrogen-bond acceptors (Lipinski definition) is 9. The van der Waals surface area contributed by atoms with Crippen molar-refractivity contribution in [2.45, 2.75) is 88.2 Å². The number of hydrogen-bond donors (Lipinski definition) is 2. The van der Waals surface area contributed by atoms with Gasteiger partial charge in [-0.2, -0.15) is 0 Å². The molecule has 3 aromatic rings. The van der Waals surface area contributed by atoms with E-state index in [1.54, 1.807) is 12.1 Å². The second kappa shape index (κ2) is 9.47. The lowest BCUT2D eigenvalue weighted by atomic mass is 10.1. The molecule has 4 atom stereocenters. The lowest BCUT2D eigenvalue weighted by molar-refractivity contribution is 0.105. The van der Waals surface area contributed by atoms with E-state index < -0.39 is 21.7 Å². The van der Waals surface area contributed by atoms with Crippen molar-refractivity contribution >= 4 is 32.7 Å². The standard InChI is InChI=1S/C25H34FN7O3S2/c1-14-12-32(13-15(2)27-14)20-11-17(38(34,35)31-25(4)7-8-25)10-18-21(24-30-29-23(37-24)16(3)26)28-22(33(18)20)19-6-5-9-36-19/h10-11,14-16,19,27,31H,5-9,12-13H2,1-4H3/t14-,15-,16?,19?/m0/s1. The fraction of sp³-hybridized carbons (Fsp3) is 0.640. The van der Waals surface area contributed by atoms with Gasteiger partial charge in [-0.1, -0.05) is 11.3 Å². The van der Waals surface area contributed by atoms with Gasteiger partial charge in [0.1, 0.15) is 23.4 Å².